The van der Waals surface area contributed by atoms with Crippen LogP contribution in [-0.4, -0.2) is 22.5 Å². The van der Waals surface area contributed by atoms with Crippen molar-refractivity contribution >= 4 is 5.97 Å². The highest BCUT2D eigenvalue weighted by Gasteiger charge is 1.96. The number of nitro groups is 1. The molecule has 0 aliphatic heterocycles. The van der Waals surface area contributed by atoms with E-state index >= 15 is 0 Å². The molecular weight excluding hydrogens is 294 g/mol. The van der Waals surface area contributed by atoms with Crippen LogP contribution in [0.3, 0.4) is 0 Å². The first-order chi connectivity index (χ1) is 11.1. The number of unbranched alkanes of at least 4 members (excludes halogenated alkanes) is 8. The van der Waals surface area contributed by atoms with Crippen molar-refractivity contribution in [3.8, 4) is 0 Å². The first kappa shape index (κ1) is 21.4. The van der Waals surface area contributed by atoms with Gasteiger partial charge in [0.25, 0.3) is 0 Å². The fourth-order valence-corrected chi connectivity index (χ4v) is 2.26. The molecule has 23 heavy (non-hydrogen) atoms. The third-order valence-electron chi connectivity index (χ3n) is 3.58. The molecule has 0 atom stereocenters. The van der Waals surface area contributed by atoms with Crippen LogP contribution in [0, 0.1) is 10.1 Å². The number of hydrogen-bond acceptors (Lipinski definition) is 3. The predicted molar refractivity (Wildman–Crippen MR) is 93.2 cm³/mol. The highest BCUT2D eigenvalue weighted by molar-refractivity contribution is 5.66. The van der Waals surface area contributed by atoms with Gasteiger partial charge in [-0.1, -0.05) is 43.6 Å². The second-order valence-electron chi connectivity index (χ2n) is 5.78. The molecule has 0 radical (unpaired) electrons. The van der Waals surface area contributed by atoms with Gasteiger partial charge in [-0.2, -0.15) is 0 Å². The van der Waals surface area contributed by atoms with Crippen LogP contribution in [0.2, 0.25) is 0 Å². The van der Waals surface area contributed by atoms with Gasteiger partial charge >= 0.3 is 5.97 Å². The molecule has 0 saturated carbocycles. The summed E-state index contributed by atoms with van der Waals surface area (Å²) in [6, 6.07) is 0. The second kappa shape index (κ2) is 16.7. The Balaban J connectivity index is 3.23. The summed E-state index contributed by atoms with van der Waals surface area (Å²) in [6.45, 7) is 0.0893. The average molecular weight is 325 g/mol. The van der Waals surface area contributed by atoms with E-state index in [2.05, 4.69) is 24.3 Å². The number of nitrogens with zero attached hydrogens (tertiary/aromatic N) is 1. The van der Waals surface area contributed by atoms with Crippen LogP contribution in [0.4, 0.5) is 0 Å². The van der Waals surface area contributed by atoms with Crippen molar-refractivity contribution in [2.24, 2.45) is 0 Å². The number of rotatable bonds is 16. The fraction of sp³-hybridized carbons (Fsp3) is 0.722. The average Bonchev–Trinajstić information content (AvgIpc) is 2.49. The minimum Gasteiger partial charge on any atom is -0.481 e. The Bertz CT molecular complexity index is 364. The van der Waals surface area contributed by atoms with Gasteiger partial charge in [-0.3, -0.25) is 14.9 Å². The van der Waals surface area contributed by atoms with Crippen LogP contribution < -0.4 is 0 Å². The van der Waals surface area contributed by atoms with Crippen LogP contribution in [0.25, 0.3) is 0 Å². The Morgan fingerprint density at radius 3 is 1.91 bits per heavy atom. The van der Waals surface area contributed by atoms with Crippen LogP contribution in [0.5, 0.6) is 0 Å². The molecule has 132 valence electrons. The number of aliphatic carboxylic acids is 1. The van der Waals surface area contributed by atoms with Gasteiger partial charge in [0.1, 0.15) is 0 Å². The van der Waals surface area contributed by atoms with Crippen molar-refractivity contribution in [3.63, 3.8) is 0 Å². The number of hydrogen-bond donors (Lipinski definition) is 1. The maximum absolute atomic E-state index is 10.3. The van der Waals surface area contributed by atoms with Gasteiger partial charge in [0.15, 0.2) is 0 Å². The normalized spacial score (nSPS) is 11.5. The fourth-order valence-electron chi connectivity index (χ4n) is 2.26. The zero-order chi connectivity index (χ0) is 17.2. The molecular formula is C18H31NO4. The number of carboxylic acids is 1. The Kier molecular flexibility index (Phi) is 15.5. The summed E-state index contributed by atoms with van der Waals surface area (Å²) < 4.78 is 0. The van der Waals surface area contributed by atoms with Gasteiger partial charge < -0.3 is 5.11 Å². The van der Waals surface area contributed by atoms with E-state index in [9.17, 15) is 14.9 Å². The lowest BCUT2D eigenvalue weighted by Crippen LogP contribution is -1.99. The summed E-state index contributed by atoms with van der Waals surface area (Å²) in [6.07, 6.45) is 19.9. The Hall–Kier alpha value is -1.65. The van der Waals surface area contributed by atoms with Gasteiger partial charge in [0, 0.05) is 17.8 Å². The Morgan fingerprint density at radius 1 is 0.826 bits per heavy atom. The SMILES string of the molecule is O=C(O)CCCCCCC/C=C/C/C=C/CCCCC[N+](=O)[O-]. The largest absolute Gasteiger partial charge is 0.481 e. The zero-order valence-electron chi connectivity index (χ0n) is 14.1. The third kappa shape index (κ3) is 20.4. The van der Waals surface area contributed by atoms with Crippen molar-refractivity contribution in [2.75, 3.05) is 6.54 Å². The van der Waals surface area contributed by atoms with E-state index in [1.54, 1.807) is 0 Å². The maximum Gasteiger partial charge on any atom is 0.303 e. The molecule has 0 saturated heterocycles. The van der Waals surface area contributed by atoms with Crippen LogP contribution in [0.1, 0.15) is 77.0 Å². The molecule has 5 heteroatoms. The monoisotopic (exact) mass is 325 g/mol. The lowest BCUT2D eigenvalue weighted by atomic mass is 10.1. The molecule has 0 aromatic heterocycles. The molecule has 0 aromatic carbocycles. The molecule has 0 heterocycles. The lowest BCUT2D eigenvalue weighted by Gasteiger charge is -1.98. The summed E-state index contributed by atoms with van der Waals surface area (Å²) in [5, 5.41) is 18.6. The van der Waals surface area contributed by atoms with Gasteiger partial charge in [0.2, 0.25) is 6.54 Å². The molecule has 0 aliphatic rings. The van der Waals surface area contributed by atoms with E-state index in [1.165, 1.54) is 12.8 Å². The van der Waals surface area contributed by atoms with E-state index in [4.69, 9.17) is 5.11 Å². The van der Waals surface area contributed by atoms with Crippen molar-refractivity contribution in [1.82, 2.24) is 0 Å². The Labute approximate surface area is 139 Å². The molecule has 0 aromatic rings. The molecule has 0 fully saturated rings. The highest BCUT2D eigenvalue weighted by Crippen LogP contribution is 2.08. The topological polar surface area (TPSA) is 80.4 Å². The zero-order valence-corrected chi connectivity index (χ0v) is 14.1. The first-order valence-electron chi connectivity index (χ1n) is 8.76. The molecule has 0 spiro atoms. The molecule has 0 aliphatic carbocycles. The van der Waals surface area contributed by atoms with E-state index in [0.717, 1.165) is 51.4 Å². The molecule has 1 N–H and O–H groups in total. The van der Waals surface area contributed by atoms with Crippen molar-refractivity contribution in [1.29, 1.82) is 0 Å². The smallest absolute Gasteiger partial charge is 0.303 e. The van der Waals surface area contributed by atoms with E-state index < -0.39 is 5.97 Å². The predicted octanol–water partition coefficient (Wildman–Crippen LogP) is 5.14. The van der Waals surface area contributed by atoms with Crippen LogP contribution in [-0.2, 0) is 4.79 Å². The van der Waals surface area contributed by atoms with Crippen LogP contribution >= 0.6 is 0 Å². The first-order valence-corrected chi connectivity index (χ1v) is 8.76. The van der Waals surface area contributed by atoms with E-state index in [-0.39, 0.29) is 11.5 Å². The summed E-state index contributed by atoms with van der Waals surface area (Å²) in [5.41, 5.74) is 0. The van der Waals surface area contributed by atoms with Gasteiger partial charge in [-0.25, -0.2) is 0 Å². The van der Waals surface area contributed by atoms with Gasteiger partial charge in [-0.15, -0.1) is 0 Å². The highest BCUT2D eigenvalue weighted by atomic mass is 16.6. The molecule has 0 bridgehead atoms. The third-order valence-corrected chi connectivity index (χ3v) is 3.58. The quantitative estimate of drug-likeness (QED) is 0.184. The van der Waals surface area contributed by atoms with Gasteiger partial charge in [0.05, 0.1) is 0 Å². The molecule has 0 rings (SSSR count). The number of carboxylic acid groups (broad SMARTS) is 1. The minimum absolute atomic E-state index is 0.0893. The van der Waals surface area contributed by atoms with E-state index in [1.807, 2.05) is 0 Å². The Morgan fingerprint density at radius 2 is 1.35 bits per heavy atom. The van der Waals surface area contributed by atoms with E-state index in [0.29, 0.717) is 12.8 Å². The van der Waals surface area contributed by atoms with Crippen LogP contribution in [0.15, 0.2) is 24.3 Å². The number of carbonyl (C=O) groups is 1. The summed E-state index contributed by atoms with van der Waals surface area (Å²) >= 11 is 0. The number of allylic oxidation sites excluding steroid dienone is 4. The summed E-state index contributed by atoms with van der Waals surface area (Å²) in [4.78, 5) is 20.2. The molecule has 0 amide bonds. The second-order valence-corrected chi connectivity index (χ2v) is 5.78. The van der Waals surface area contributed by atoms with Crippen molar-refractivity contribution in [3.05, 3.63) is 34.4 Å². The summed E-state index contributed by atoms with van der Waals surface area (Å²) in [5.74, 6) is -0.697. The van der Waals surface area contributed by atoms with Crippen molar-refractivity contribution in [2.45, 2.75) is 77.0 Å². The van der Waals surface area contributed by atoms with Gasteiger partial charge in [-0.05, 0) is 44.9 Å². The minimum atomic E-state index is -0.697. The lowest BCUT2D eigenvalue weighted by molar-refractivity contribution is -0.480. The summed E-state index contributed by atoms with van der Waals surface area (Å²) in [7, 11) is 0. The molecule has 5 nitrogen and oxygen atoms in total. The van der Waals surface area contributed by atoms with Crippen molar-refractivity contribution < 1.29 is 14.8 Å². The molecule has 0 unspecified atom stereocenters. The standard InChI is InChI=1S/C18H31NO4/c20-18(21)16-14-12-10-8-6-4-2-1-3-5-7-9-11-13-15-17-19(22)23/h1-2,5,7H,3-4,6,8-17H2,(H,20,21)/b2-1+,7-5+. The maximum atomic E-state index is 10.3.